The number of hydrogen-bond acceptors (Lipinski definition) is 3. The average molecular weight is 311 g/mol. The zero-order valence-corrected chi connectivity index (χ0v) is 12.2. The van der Waals surface area contributed by atoms with Crippen LogP contribution in [0.4, 0.5) is 11.4 Å². The van der Waals surface area contributed by atoms with Crippen molar-refractivity contribution < 1.29 is 4.92 Å². The average Bonchev–Trinajstić information content (AvgIpc) is 2.40. The van der Waals surface area contributed by atoms with Crippen molar-refractivity contribution in [2.75, 3.05) is 5.32 Å². The number of nitrogens with one attached hydrogen (secondary N) is 1. The van der Waals surface area contributed by atoms with Crippen molar-refractivity contribution in [3.63, 3.8) is 0 Å². The van der Waals surface area contributed by atoms with Crippen molar-refractivity contribution in [3.05, 3.63) is 67.7 Å². The van der Waals surface area contributed by atoms with Gasteiger partial charge >= 0.3 is 0 Å². The Morgan fingerprint density at radius 3 is 2.70 bits per heavy atom. The molecule has 2 rings (SSSR count). The van der Waals surface area contributed by atoms with Gasteiger partial charge in [0.05, 0.1) is 15.5 Å². The van der Waals surface area contributed by atoms with Crippen LogP contribution in [0.3, 0.4) is 0 Å². The number of hydrogen-bond donors (Lipinski definition) is 1. The smallest absolute Gasteiger partial charge is 0.275 e. The molecular formula is C14H12Cl2N2O2. The number of nitro groups is 1. The third-order valence-electron chi connectivity index (χ3n) is 2.95. The molecule has 104 valence electrons. The van der Waals surface area contributed by atoms with Crippen molar-refractivity contribution in [2.24, 2.45) is 0 Å². The zero-order valence-electron chi connectivity index (χ0n) is 10.7. The Balaban J connectivity index is 2.27. The van der Waals surface area contributed by atoms with Crippen LogP contribution in [0.5, 0.6) is 0 Å². The molecule has 0 saturated heterocycles. The molecule has 20 heavy (non-hydrogen) atoms. The van der Waals surface area contributed by atoms with E-state index in [2.05, 4.69) is 5.32 Å². The van der Waals surface area contributed by atoms with Gasteiger partial charge in [0.25, 0.3) is 5.69 Å². The van der Waals surface area contributed by atoms with E-state index in [1.807, 2.05) is 13.0 Å². The summed E-state index contributed by atoms with van der Waals surface area (Å²) in [5, 5.41) is 15.1. The lowest BCUT2D eigenvalue weighted by Crippen LogP contribution is -2.05. The van der Waals surface area contributed by atoms with Crippen LogP contribution < -0.4 is 5.32 Å². The third kappa shape index (κ3) is 3.21. The molecule has 0 bridgehead atoms. The minimum atomic E-state index is -0.437. The van der Waals surface area contributed by atoms with E-state index >= 15 is 0 Å². The van der Waals surface area contributed by atoms with E-state index in [4.69, 9.17) is 23.2 Å². The van der Waals surface area contributed by atoms with E-state index in [0.29, 0.717) is 15.6 Å². The zero-order chi connectivity index (χ0) is 14.7. The quantitative estimate of drug-likeness (QED) is 0.650. The summed E-state index contributed by atoms with van der Waals surface area (Å²) in [5.41, 5.74) is 2.29. The van der Waals surface area contributed by atoms with Gasteiger partial charge < -0.3 is 5.32 Å². The Hall–Kier alpha value is -1.78. The first-order valence-electron chi connectivity index (χ1n) is 5.91. The summed E-state index contributed by atoms with van der Waals surface area (Å²) in [6.45, 7) is 2.19. The van der Waals surface area contributed by atoms with Gasteiger partial charge in [-0.15, -0.1) is 0 Å². The maximum Gasteiger partial charge on any atom is 0.275 e. The molecule has 0 radical (unpaired) electrons. The summed E-state index contributed by atoms with van der Waals surface area (Å²) in [4.78, 5) is 10.6. The van der Waals surface area contributed by atoms with E-state index in [1.165, 1.54) is 6.07 Å². The number of rotatable bonds is 4. The molecule has 2 aromatic carbocycles. The fourth-order valence-corrected chi connectivity index (χ4v) is 2.27. The Kier molecular flexibility index (Phi) is 4.47. The largest absolute Gasteiger partial charge is 0.380 e. The standard InChI is InChI=1S/C14H12Cl2N2O2/c1-9-5-6-10(15)7-13(9)17-8-11-12(16)3-2-4-14(11)18(19)20/h2-7,17H,8H2,1H3. The van der Waals surface area contributed by atoms with Crippen molar-refractivity contribution in [1.82, 2.24) is 0 Å². The van der Waals surface area contributed by atoms with Crippen LogP contribution in [-0.2, 0) is 6.54 Å². The van der Waals surface area contributed by atoms with Crippen molar-refractivity contribution in [2.45, 2.75) is 13.5 Å². The molecular weight excluding hydrogens is 299 g/mol. The molecule has 0 atom stereocenters. The number of anilines is 1. The number of benzene rings is 2. The predicted octanol–water partition coefficient (Wildman–Crippen LogP) is 4.82. The topological polar surface area (TPSA) is 55.2 Å². The summed E-state index contributed by atoms with van der Waals surface area (Å²) in [5.74, 6) is 0. The monoisotopic (exact) mass is 310 g/mol. The van der Waals surface area contributed by atoms with Crippen LogP contribution in [0.25, 0.3) is 0 Å². The molecule has 6 heteroatoms. The van der Waals surface area contributed by atoms with Gasteiger partial charge in [0.15, 0.2) is 0 Å². The van der Waals surface area contributed by atoms with Crippen molar-refractivity contribution >= 4 is 34.6 Å². The number of halogens is 2. The van der Waals surface area contributed by atoms with Gasteiger partial charge in [0.1, 0.15) is 0 Å². The van der Waals surface area contributed by atoms with Gasteiger partial charge in [0.2, 0.25) is 0 Å². The van der Waals surface area contributed by atoms with E-state index < -0.39 is 4.92 Å². The molecule has 2 aromatic rings. The highest BCUT2D eigenvalue weighted by molar-refractivity contribution is 6.31. The van der Waals surface area contributed by atoms with Crippen molar-refractivity contribution in [1.29, 1.82) is 0 Å². The molecule has 1 N–H and O–H groups in total. The van der Waals surface area contributed by atoms with Crippen molar-refractivity contribution in [3.8, 4) is 0 Å². The minimum absolute atomic E-state index is 0.00433. The highest BCUT2D eigenvalue weighted by Crippen LogP contribution is 2.28. The van der Waals surface area contributed by atoms with E-state index in [-0.39, 0.29) is 12.2 Å². The molecule has 0 heterocycles. The molecule has 0 aliphatic heterocycles. The first-order valence-corrected chi connectivity index (χ1v) is 6.66. The number of nitrogens with zero attached hydrogens (tertiary/aromatic N) is 1. The van der Waals surface area contributed by atoms with E-state index in [0.717, 1.165) is 11.3 Å². The van der Waals surface area contributed by atoms with Crippen LogP contribution >= 0.6 is 23.2 Å². The first kappa shape index (κ1) is 14.6. The Morgan fingerprint density at radius 2 is 2.00 bits per heavy atom. The second-order valence-electron chi connectivity index (χ2n) is 4.31. The molecule has 0 amide bonds. The van der Waals surface area contributed by atoms with E-state index in [1.54, 1.807) is 24.3 Å². The van der Waals surface area contributed by atoms with Crippen LogP contribution in [0, 0.1) is 17.0 Å². The Morgan fingerprint density at radius 1 is 1.25 bits per heavy atom. The molecule has 0 unspecified atom stereocenters. The summed E-state index contributed by atoms with van der Waals surface area (Å²) in [7, 11) is 0. The lowest BCUT2D eigenvalue weighted by Gasteiger charge is -2.11. The van der Waals surface area contributed by atoms with Crippen LogP contribution in [-0.4, -0.2) is 4.92 Å². The minimum Gasteiger partial charge on any atom is -0.380 e. The Bertz CT molecular complexity index is 660. The van der Waals surface area contributed by atoms with Gasteiger partial charge in [-0.3, -0.25) is 10.1 Å². The normalized spacial score (nSPS) is 10.3. The molecule has 0 fully saturated rings. The molecule has 0 aliphatic carbocycles. The van der Waals surface area contributed by atoms with Gasteiger partial charge in [-0.05, 0) is 30.7 Å². The molecule has 0 aromatic heterocycles. The predicted molar refractivity (Wildman–Crippen MR) is 81.6 cm³/mol. The fraction of sp³-hybridized carbons (Fsp3) is 0.143. The number of nitro benzene ring substituents is 1. The van der Waals surface area contributed by atoms with Crippen LogP contribution in [0.1, 0.15) is 11.1 Å². The Labute approximate surface area is 126 Å². The maximum atomic E-state index is 11.0. The van der Waals surface area contributed by atoms with Crippen LogP contribution in [0.2, 0.25) is 10.0 Å². The molecule has 0 saturated carbocycles. The summed E-state index contributed by atoms with van der Waals surface area (Å²) in [6, 6.07) is 10.1. The summed E-state index contributed by atoms with van der Waals surface area (Å²) >= 11 is 12.0. The van der Waals surface area contributed by atoms with Gasteiger partial charge in [-0.25, -0.2) is 0 Å². The van der Waals surface area contributed by atoms with Gasteiger partial charge in [-0.2, -0.15) is 0 Å². The second kappa shape index (κ2) is 6.11. The highest BCUT2D eigenvalue weighted by atomic mass is 35.5. The first-order chi connectivity index (χ1) is 9.49. The fourth-order valence-electron chi connectivity index (χ4n) is 1.86. The third-order valence-corrected chi connectivity index (χ3v) is 3.54. The second-order valence-corrected chi connectivity index (χ2v) is 5.15. The van der Waals surface area contributed by atoms with Gasteiger partial charge in [-0.1, -0.05) is 35.3 Å². The highest BCUT2D eigenvalue weighted by Gasteiger charge is 2.16. The molecule has 0 spiro atoms. The maximum absolute atomic E-state index is 11.0. The van der Waals surface area contributed by atoms with Crippen LogP contribution in [0.15, 0.2) is 36.4 Å². The molecule has 0 aliphatic rings. The summed E-state index contributed by atoms with van der Waals surface area (Å²) < 4.78 is 0. The lowest BCUT2D eigenvalue weighted by molar-refractivity contribution is -0.385. The molecule has 4 nitrogen and oxygen atoms in total. The SMILES string of the molecule is Cc1ccc(Cl)cc1NCc1c(Cl)cccc1[N+](=O)[O-]. The van der Waals surface area contributed by atoms with Gasteiger partial charge in [0, 0.05) is 23.3 Å². The van der Waals surface area contributed by atoms with E-state index in [9.17, 15) is 10.1 Å². The lowest BCUT2D eigenvalue weighted by atomic mass is 10.1. The summed E-state index contributed by atoms with van der Waals surface area (Å²) in [6.07, 6.45) is 0. The number of aryl methyl sites for hydroxylation is 1.